The lowest BCUT2D eigenvalue weighted by molar-refractivity contribution is -0.140. The van der Waals surface area contributed by atoms with E-state index in [9.17, 15) is 9.59 Å². The number of nitrogens with one attached hydrogen (secondary N) is 1. The van der Waals surface area contributed by atoms with Crippen LogP contribution in [0.3, 0.4) is 0 Å². The topological polar surface area (TPSA) is 111 Å². The lowest BCUT2D eigenvalue weighted by Gasteiger charge is -2.39. The van der Waals surface area contributed by atoms with Crippen LogP contribution in [0, 0.1) is 5.92 Å². The van der Waals surface area contributed by atoms with Crippen molar-refractivity contribution in [2.24, 2.45) is 17.5 Å². The van der Waals surface area contributed by atoms with Crippen molar-refractivity contribution in [3.8, 4) is 0 Å². The highest BCUT2D eigenvalue weighted by Crippen LogP contribution is 2.17. The molecule has 0 radical (unpaired) electrons. The second-order valence-electron chi connectivity index (χ2n) is 4.43. The monoisotopic (exact) mass is 244 g/mol. The van der Waals surface area contributed by atoms with Crippen LogP contribution in [0.1, 0.15) is 13.8 Å². The van der Waals surface area contributed by atoms with Crippen LogP contribution >= 0.6 is 0 Å². The molecule has 2 unspecified atom stereocenters. The second kappa shape index (κ2) is 5.95. The molecule has 5 N–H and O–H groups in total. The largest absolute Gasteiger partial charge is 0.378 e. The molecule has 0 aliphatic carbocycles. The smallest absolute Gasteiger partial charge is 0.251 e. The van der Waals surface area contributed by atoms with Gasteiger partial charge < -0.3 is 10.5 Å². The van der Waals surface area contributed by atoms with E-state index in [1.807, 2.05) is 13.8 Å². The molecule has 1 heterocycles. The number of carbonyl (C=O) groups is 2. The summed E-state index contributed by atoms with van der Waals surface area (Å²) in [4.78, 5) is 24.9. The summed E-state index contributed by atoms with van der Waals surface area (Å²) >= 11 is 0. The molecule has 7 heteroatoms. The fraction of sp³-hybridized carbons (Fsp3) is 0.800. The maximum atomic E-state index is 11.8. The first-order chi connectivity index (χ1) is 7.99. The average Bonchev–Trinajstić information content (AvgIpc) is 2.29. The number of carbonyl (C=O) groups excluding carboxylic acids is 2. The van der Waals surface area contributed by atoms with Crippen LogP contribution in [0.2, 0.25) is 0 Å². The lowest BCUT2D eigenvalue weighted by Crippen LogP contribution is -2.62. The van der Waals surface area contributed by atoms with Gasteiger partial charge in [0.2, 0.25) is 5.91 Å². The van der Waals surface area contributed by atoms with Crippen molar-refractivity contribution in [2.45, 2.75) is 25.9 Å². The zero-order valence-corrected chi connectivity index (χ0v) is 10.2. The number of ether oxygens (including phenoxy) is 1. The van der Waals surface area contributed by atoms with Gasteiger partial charge in [-0.25, -0.2) is 5.84 Å². The van der Waals surface area contributed by atoms with Crippen molar-refractivity contribution in [3.63, 3.8) is 0 Å². The molecule has 2 amide bonds. The third kappa shape index (κ3) is 3.15. The standard InChI is InChI=1S/C10H20N4O3/c1-6(2)8(10(16)13-12)14-3-4-17-5-7(14)9(11)15/h6-8H,3-5,12H2,1-2H3,(H2,11,15)(H,13,16). The van der Waals surface area contributed by atoms with E-state index in [0.717, 1.165) is 0 Å². The normalized spacial score (nSPS) is 23.4. The molecular weight excluding hydrogens is 224 g/mol. The van der Waals surface area contributed by atoms with E-state index in [-0.39, 0.29) is 18.4 Å². The van der Waals surface area contributed by atoms with Crippen LogP contribution < -0.4 is 17.0 Å². The SMILES string of the molecule is CC(C)C(C(=O)NN)N1CCOCC1C(N)=O. The Balaban J connectivity index is 2.90. The fourth-order valence-corrected chi connectivity index (χ4v) is 2.12. The Morgan fingerprint density at radius 3 is 2.59 bits per heavy atom. The van der Waals surface area contributed by atoms with Crippen molar-refractivity contribution in [3.05, 3.63) is 0 Å². The average molecular weight is 244 g/mol. The highest BCUT2D eigenvalue weighted by atomic mass is 16.5. The number of hydrogen-bond donors (Lipinski definition) is 3. The van der Waals surface area contributed by atoms with Crippen LogP contribution in [0.5, 0.6) is 0 Å². The van der Waals surface area contributed by atoms with E-state index in [1.165, 1.54) is 0 Å². The molecule has 17 heavy (non-hydrogen) atoms. The molecule has 0 spiro atoms. The van der Waals surface area contributed by atoms with Crippen molar-refractivity contribution in [2.75, 3.05) is 19.8 Å². The first-order valence-corrected chi connectivity index (χ1v) is 5.62. The molecule has 1 saturated heterocycles. The van der Waals surface area contributed by atoms with Crippen molar-refractivity contribution in [1.82, 2.24) is 10.3 Å². The number of nitrogens with zero attached hydrogens (tertiary/aromatic N) is 1. The summed E-state index contributed by atoms with van der Waals surface area (Å²) in [5.41, 5.74) is 7.44. The highest BCUT2D eigenvalue weighted by molar-refractivity contribution is 5.84. The van der Waals surface area contributed by atoms with E-state index >= 15 is 0 Å². The van der Waals surface area contributed by atoms with Gasteiger partial charge >= 0.3 is 0 Å². The molecule has 1 aliphatic rings. The molecule has 0 aromatic heterocycles. The van der Waals surface area contributed by atoms with Gasteiger partial charge in [0, 0.05) is 6.54 Å². The van der Waals surface area contributed by atoms with E-state index in [2.05, 4.69) is 5.43 Å². The summed E-state index contributed by atoms with van der Waals surface area (Å²) in [5, 5.41) is 0. The first kappa shape index (κ1) is 13.9. The maximum absolute atomic E-state index is 11.8. The van der Waals surface area contributed by atoms with Gasteiger partial charge in [-0.05, 0) is 5.92 Å². The Kier molecular flexibility index (Phi) is 4.86. The predicted molar refractivity (Wildman–Crippen MR) is 61.5 cm³/mol. The van der Waals surface area contributed by atoms with Crippen molar-refractivity contribution >= 4 is 11.8 Å². The van der Waals surface area contributed by atoms with E-state index in [1.54, 1.807) is 4.90 Å². The Morgan fingerprint density at radius 1 is 1.47 bits per heavy atom. The molecular formula is C10H20N4O3. The van der Waals surface area contributed by atoms with E-state index < -0.39 is 18.0 Å². The zero-order chi connectivity index (χ0) is 13.0. The van der Waals surface area contributed by atoms with E-state index in [4.69, 9.17) is 16.3 Å². The number of morpholine rings is 1. The Bertz CT molecular complexity index is 295. The minimum absolute atomic E-state index is 0.0264. The molecule has 98 valence electrons. The summed E-state index contributed by atoms with van der Waals surface area (Å²) in [6, 6.07) is -1.05. The number of primary amides is 1. The molecule has 0 bridgehead atoms. The minimum Gasteiger partial charge on any atom is -0.378 e. The molecule has 2 atom stereocenters. The molecule has 1 rings (SSSR count). The summed E-state index contributed by atoms with van der Waals surface area (Å²) in [6.07, 6.45) is 0. The summed E-state index contributed by atoms with van der Waals surface area (Å²) in [5.74, 6) is 4.39. The van der Waals surface area contributed by atoms with Crippen molar-refractivity contribution < 1.29 is 14.3 Å². The maximum Gasteiger partial charge on any atom is 0.251 e. The molecule has 0 saturated carbocycles. The highest BCUT2D eigenvalue weighted by Gasteiger charge is 2.37. The first-order valence-electron chi connectivity index (χ1n) is 5.62. The summed E-state index contributed by atoms with van der Waals surface area (Å²) in [6.45, 7) is 4.98. The number of amides is 2. The summed E-state index contributed by atoms with van der Waals surface area (Å²) < 4.78 is 5.21. The second-order valence-corrected chi connectivity index (χ2v) is 4.43. The zero-order valence-electron chi connectivity index (χ0n) is 10.2. The number of hydrogen-bond acceptors (Lipinski definition) is 5. The third-order valence-electron chi connectivity index (χ3n) is 2.90. The van der Waals surface area contributed by atoms with Gasteiger partial charge in [0.25, 0.3) is 5.91 Å². The third-order valence-corrected chi connectivity index (χ3v) is 2.90. The van der Waals surface area contributed by atoms with Crippen LogP contribution in [0.25, 0.3) is 0 Å². The quantitative estimate of drug-likeness (QED) is 0.306. The summed E-state index contributed by atoms with van der Waals surface area (Å²) in [7, 11) is 0. The Labute approximate surface area is 100 Å². The van der Waals surface area contributed by atoms with Gasteiger partial charge in [-0.3, -0.25) is 19.9 Å². The number of rotatable bonds is 4. The van der Waals surface area contributed by atoms with Crippen LogP contribution in [-0.4, -0.2) is 48.6 Å². The Morgan fingerprint density at radius 2 is 2.12 bits per heavy atom. The number of nitrogens with two attached hydrogens (primary N) is 2. The predicted octanol–water partition coefficient (Wildman–Crippen LogP) is -1.81. The van der Waals surface area contributed by atoms with E-state index in [0.29, 0.717) is 13.2 Å². The fourth-order valence-electron chi connectivity index (χ4n) is 2.12. The Hall–Kier alpha value is -1.18. The van der Waals surface area contributed by atoms with Crippen LogP contribution in [0.15, 0.2) is 0 Å². The molecule has 0 aromatic carbocycles. The van der Waals surface area contributed by atoms with Gasteiger partial charge in [0.15, 0.2) is 0 Å². The van der Waals surface area contributed by atoms with Crippen LogP contribution in [0.4, 0.5) is 0 Å². The van der Waals surface area contributed by atoms with Gasteiger partial charge in [-0.1, -0.05) is 13.8 Å². The van der Waals surface area contributed by atoms with Gasteiger partial charge in [0.1, 0.15) is 6.04 Å². The molecule has 1 fully saturated rings. The van der Waals surface area contributed by atoms with Crippen molar-refractivity contribution in [1.29, 1.82) is 0 Å². The lowest BCUT2D eigenvalue weighted by atomic mass is 9.99. The van der Waals surface area contributed by atoms with Crippen LogP contribution in [-0.2, 0) is 14.3 Å². The molecule has 0 aromatic rings. The van der Waals surface area contributed by atoms with Gasteiger partial charge in [0.05, 0.1) is 19.3 Å². The molecule has 1 aliphatic heterocycles. The van der Waals surface area contributed by atoms with Gasteiger partial charge in [-0.2, -0.15) is 0 Å². The molecule has 7 nitrogen and oxygen atoms in total. The number of hydrazine groups is 1. The minimum atomic E-state index is -0.576. The van der Waals surface area contributed by atoms with Gasteiger partial charge in [-0.15, -0.1) is 0 Å².